The smallest absolute Gasteiger partial charge is 0.264 e. The number of hydrogen-bond acceptors (Lipinski definition) is 4. The molecular weight excluding hydrogens is 374 g/mol. The van der Waals surface area contributed by atoms with E-state index in [0.29, 0.717) is 5.69 Å². The third kappa shape index (κ3) is 4.04. The summed E-state index contributed by atoms with van der Waals surface area (Å²) < 4.78 is 27.5. The largest absolute Gasteiger partial charge is 0.345 e. The number of anilines is 1. The maximum atomic E-state index is 13.2. The van der Waals surface area contributed by atoms with Crippen molar-refractivity contribution in [1.82, 2.24) is 10.3 Å². The van der Waals surface area contributed by atoms with Crippen LogP contribution in [0.15, 0.2) is 84.0 Å². The fourth-order valence-corrected chi connectivity index (χ4v) is 4.20. The second kappa shape index (κ2) is 8.22. The molecule has 0 aliphatic rings. The number of hydrogen-bond donors (Lipinski definition) is 1. The molecule has 0 aliphatic heterocycles. The summed E-state index contributed by atoms with van der Waals surface area (Å²) in [7, 11) is -2.43. The van der Waals surface area contributed by atoms with Crippen molar-refractivity contribution in [2.45, 2.75) is 17.9 Å². The number of para-hydroxylation sites is 1. The minimum atomic E-state index is -3.91. The van der Waals surface area contributed by atoms with Crippen molar-refractivity contribution < 1.29 is 13.2 Å². The Morgan fingerprint density at radius 3 is 2.25 bits per heavy atom. The van der Waals surface area contributed by atoms with E-state index in [1.165, 1.54) is 23.5 Å². The lowest BCUT2D eigenvalue weighted by molar-refractivity contribution is 0.0936. The molecule has 1 heterocycles. The number of sulfonamides is 1. The highest BCUT2D eigenvalue weighted by Gasteiger charge is 2.27. The van der Waals surface area contributed by atoms with E-state index in [2.05, 4.69) is 10.3 Å². The fourth-order valence-electron chi connectivity index (χ4n) is 2.81. The molecule has 0 radical (unpaired) electrons. The van der Waals surface area contributed by atoms with Gasteiger partial charge in [0.25, 0.3) is 15.9 Å². The van der Waals surface area contributed by atoms with Crippen LogP contribution in [0, 0.1) is 0 Å². The van der Waals surface area contributed by atoms with Gasteiger partial charge >= 0.3 is 0 Å². The molecule has 0 aliphatic carbocycles. The standard InChI is InChI=1S/C21H21N3O3S/c1-16(17-12-14-22-15-13-17)23-21(25)19-10-6-7-11-20(19)28(26,27)24(2)18-8-4-3-5-9-18/h3-16H,1-2H3,(H,23,25). The van der Waals surface area contributed by atoms with Gasteiger partial charge in [0.05, 0.1) is 17.3 Å². The highest BCUT2D eigenvalue weighted by atomic mass is 32.2. The molecule has 1 N–H and O–H groups in total. The van der Waals surface area contributed by atoms with Crippen molar-refractivity contribution >= 4 is 21.6 Å². The summed E-state index contributed by atoms with van der Waals surface area (Å²) >= 11 is 0. The van der Waals surface area contributed by atoms with Gasteiger partial charge in [-0.2, -0.15) is 0 Å². The van der Waals surface area contributed by atoms with Gasteiger partial charge in [-0.25, -0.2) is 8.42 Å². The minimum Gasteiger partial charge on any atom is -0.345 e. The van der Waals surface area contributed by atoms with E-state index in [-0.39, 0.29) is 16.5 Å². The molecular formula is C21H21N3O3S. The lowest BCUT2D eigenvalue weighted by Gasteiger charge is -2.21. The molecule has 0 spiro atoms. The van der Waals surface area contributed by atoms with Crippen LogP contribution in [0.5, 0.6) is 0 Å². The number of benzene rings is 2. The van der Waals surface area contributed by atoms with Crippen molar-refractivity contribution in [3.63, 3.8) is 0 Å². The Hall–Kier alpha value is -3.19. The third-order valence-corrected chi connectivity index (χ3v) is 6.29. The third-order valence-electron chi connectivity index (χ3n) is 4.44. The first-order valence-electron chi connectivity index (χ1n) is 8.75. The Morgan fingerprint density at radius 1 is 0.964 bits per heavy atom. The quantitative estimate of drug-likeness (QED) is 0.694. The Balaban J connectivity index is 1.91. The average molecular weight is 395 g/mol. The molecule has 144 valence electrons. The number of carbonyl (C=O) groups is 1. The second-order valence-electron chi connectivity index (χ2n) is 6.28. The maximum Gasteiger partial charge on any atom is 0.264 e. The summed E-state index contributed by atoms with van der Waals surface area (Å²) in [6.07, 6.45) is 3.29. The summed E-state index contributed by atoms with van der Waals surface area (Å²) in [6, 6.07) is 18.3. The minimum absolute atomic E-state index is 0.0409. The molecule has 0 saturated carbocycles. The van der Waals surface area contributed by atoms with Crippen molar-refractivity contribution in [2.75, 3.05) is 11.4 Å². The molecule has 28 heavy (non-hydrogen) atoms. The topological polar surface area (TPSA) is 79.4 Å². The summed E-state index contributed by atoms with van der Waals surface area (Å²) in [6.45, 7) is 1.83. The van der Waals surface area contributed by atoms with Crippen molar-refractivity contribution in [2.24, 2.45) is 0 Å². The number of amides is 1. The summed E-state index contributed by atoms with van der Waals surface area (Å²) in [4.78, 5) is 16.8. The lowest BCUT2D eigenvalue weighted by Crippen LogP contribution is -2.31. The highest BCUT2D eigenvalue weighted by Crippen LogP contribution is 2.25. The Kier molecular flexibility index (Phi) is 5.75. The number of pyridine rings is 1. The van der Waals surface area contributed by atoms with Crippen LogP contribution >= 0.6 is 0 Å². The van der Waals surface area contributed by atoms with Gasteiger partial charge in [0.2, 0.25) is 0 Å². The van der Waals surface area contributed by atoms with Crippen LogP contribution in [0.2, 0.25) is 0 Å². The zero-order chi connectivity index (χ0) is 20.1. The molecule has 0 saturated heterocycles. The first-order chi connectivity index (χ1) is 13.4. The summed E-state index contributed by atoms with van der Waals surface area (Å²) in [5, 5.41) is 2.85. The normalized spacial score (nSPS) is 12.2. The van der Waals surface area contributed by atoms with Crippen LogP contribution in [0.4, 0.5) is 5.69 Å². The van der Waals surface area contributed by atoms with E-state index < -0.39 is 15.9 Å². The lowest BCUT2D eigenvalue weighted by atomic mass is 10.1. The first kappa shape index (κ1) is 19.6. The Morgan fingerprint density at radius 2 is 1.57 bits per heavy atom. The molecule has 1 unspecified atom stereocenters. The number of aromatic nitrogens is 1. The molecule has 6 nitrogen and oxygen atoms in total. The predicted octanol–water partition coefficient (Wildman–Crippen LogP) is 3.40. The van der Waals surface area contributed by atoms with Crippen LogP contribution in [-0.2, 0) is 10.0 Å². The molecule has 1 amide bonds. The number of nitrogens with one attached hydrogen (secondary N) is 1. The van der Waals surface area contributed by atoms with Gasteiger partial charge in [0.15, 0.2) is 0 Å². The van der Waals surface area contributed by atoms with Gasteiger partial charge < -0.3 is 5.32 Å². The Bertz CT molecular complexity index is 1050. The van der Waals surface area contributed by atoms with Gasteiger partial charge in [0, 0.05) is 19.4 Å². The molecule has 3 aromatic rings. The van der Waals surface area contributed by atoms with Crippen molar-refractivity contribution in [3.05, 3.63) is 90.3 Å². The molecule has 1 atom stereocenters. The number of nitrogens with zero attached hydrogens (tertiary/aromatic N) is 2. The number of carbonyl (C=O) groups excluding carboxylic acids is 1. The highest BCUT2D eigenvalue weighted by molar-refractivity contribution is 7.92. The van der Waals surface area contributed by atoms with Crippen LogP contribution < -0.4 is 9.62 Å². The average Bonchev–Trinajstić information content (AvgIpc) is 2.74. The van der Waals surface area contributed by atoms with E-state index in [0.717, 1.165) is 5.56 Å². The van der Waals surface area contributed by atoms with Crippen LogP contribution in [-0.4, -0.2) is 26.4 Å². The van der Waals surface area contributed by atoms with E-state index in [1.54, 1.807) is 60.9 Å². The molecule has 0 bridgehead atoms. The van der Waals surface area contributed by atoms with E-state index in [9.17, 15) is 13.2 Å². The SMILES string of the molecule is CC(NC(=O)c1ccccc1S(=O)(=O)N(C)c1ccccc1)c1ccncc1. The molecule has 7 heteroatoms. The van der Waals surface area contributed by atoms with Gasteiger partial charge in [0.1, 0.15) is 4.90 Å². The van der Waals surface area contributed by atoms with Gasteiger partial charge in [-0.15, -0.1) is 0 Å². The van der Waals surface area contributed by atoms with E-state index >= 15 is 0 Å². The molecule has 3 rings (SSSR count). The monoisotopic (exact) mass is 395 g/mol. The van der Waals surface area contributed by atoms with Crippen molar-refractivity contribution in [1.29, 1.82) is 0 Å². The van der Waals surface area contributed by atoms with Crippen LogP contribution in [0.1, 0.15) is 28.9 Å². The van der Waals surface area contributed by atoms with E-state index in [4.69, 9.17) is 0 Å². The van der Waals surface area contributed by atoms with E-state index in [1.807, 2.05) is 13.0 Å². The van der Waals surface area contributed by atoms with Crippen molar-refractivity contribution in [3.8, 4) is 0 Å². The zero-order valence-electron chi connectivity index (χ0n) is 15.6. The first-order valence-corrected chi connectivity index (χ1v) is 10.2. The molecule has 0 fully saturated rings. The molecule has 1 aromatic heterocycles. The molecule has 2 aromatic carbocycles. The predicted molar refractivity (Wildman–Crippen MR) is 109 cm³/mol. The van der Waals surface area contributed by atoms with Crippen LogP contribution in [0.25, 0.3) is 0 Å². The Labute approximate surface area is 164 Å². The summed E-state index contributed by atoms with van der Waals surface area (Å²) in [5.74, 6) is -0.454. The van der Waals surface area contributed by atoms with Crippen LogP contribution in [0.3, 0.4) is 0 Å². The fraction of sp³-hybridized carbons (Fsp3) is 0.143. The summed E-state index contributed by atoms with van der Waals surface area (Å²) in [5.41, 5.74) is 1.50. The second-order valence-corrected chi connectivity index (χ2v) is 8.22. The van der Waals surface area contributed by atoms with Gasteiger partial charge in [-0.05, 0) is 48.9 Å². The van der Waals surface area contributed by atoms with Gasteiger partial charge in [-0.3, -0.25) is 14.1 Å². The number of rotatable bonds is 6. The maximum absolute atomic E-state index is 13.2. The zero-order valence-corrected chi connectivity index (χ0v) is 16.4. The van der Waals surface area contributed by atoms with Gasteiger partial charge in [-0.1, -0.05) is 30.3 Å².